The fourth-order valence-electron chi connectivity index (χ4n) is 5.21. The molecule has 0 N–H and O–H groups in total. The van der Waals surface area contributed by atoms with Crippen LogP contribution in [0, 0.1) is 12.8 Å². The lowest BCUT2D eigenvalue weighted by atomic mass is 9.88. The van der Waals surface area contributed by atoms with Gasteiger partial charge in [0.15, 0.2) is 0 Å². The van der Waals surface area contributed by atoms with Crippen LogP contribution in [0.1, 0.15) is 23.2 Å². The second-order valence-corrected chi connectivity index (χ2v) is 9.64. The van der Waals surface area contributed by atoms with Crippen LogP contribution in [0.25, 0.3) is 5.70 Å². The second kappa shape index (κ2) is 7.06. The van der Waals surface area contributed by atoms with Crippen LogP contribution in [0.15, 0.2) is 54.9 Å². The molecule has 1 aliphatic carbocycles. The van der Waals surface area contributed by atoms with E-state index in [1.165, 1.54) is 6.07 Å². The first-order chi connectivity index (χ1) is 15.7. The highest BCUT2D eigenvalue weighted by Crippen LogP contribution is 2.61. The molecular weight excluding hydrogens is 453 g/mol. The van der Waals surface area contributed by atoms with Crippen molar-refractivity contribution in [2.75, 3.05) is 26.2 Å². The summed E-state index contributed by atoms with van der Waals surface area (Å²) in [7, 11) is 0. The molecule has 172 valence electrons. The lowest BCUT2D eigenvalue weighted by Gasteiger charge is -2.38. The Bertz CT molecular complexity index is 1230. The van der Waals surface area contributed by atoms with Crippen molar-refractivity contribution in [1.82, 2.24) is 19.4 Å². The van der Waals surface area contributed by atoms with Gasteiger partial charge in [0, 0.05) is 55.1 Å². The summed E-state index contributed by atoms with van der Waals surface area (Å²) in [5.41, 5.74) is 2.58. The van der Waals surface area contributed by atoms with Crippen molar-refractivity contribution in [3.8, 4) is 5.75 Å². The van der Waals surface area contributed by atoms with Crippen molar-refractivity contribution in [2.24, 2.45) is 5.92 Å². The Morgan fingerprint density at radius 3 is 2.76 bits per heavy atom. The van der Waals surface area contributed by atoms with E-state index in [-0.39, 0.29) is 16.4 Å². The minimum atomic E-state index is -4.44. The van der Waals surface area contributed by atoms with E-state index in [9.17, 15) is 13.2 Å². The number of allylic oxidation sites excluding steroid dienone is 3. The van der Waals surface area contributed by atoms with Gasteiger partial charge < -0.3 is 19.1 Å². The van der Waals surface area contributed by atoms with Gasteiger partial charge in [0.2, 0.25) is 0 Å². The van der Waals surface area contributed by atoms with Crippen LogP contribution < -0.4 is 4.74 Å². The maximum atomic E-state index is 13.5. The molecule has 3 aliphatic heterocycles. The number of benzene rings is 1. The molecule has 2 aromatic rings. The van der Waals surface area contributed by atoms with E-state index < -0.39 is 11.7 Å². The number of ether oxygens (including phenoxy) is 1. The standard InChI is InChI=1S/C24H22ClF3N4O/c1-15-9-32(14-29-15)19-3-2-18-10-30(4-5-31(18)11-19)13-23-8-17(23)12-33-22-20(23)6-16(7-21(22)25)24(26,27)28/h2-3,6-7,9-11,14,17H,4-5,8,12-13H2,1H3/t17-,23+/m1/s1. The van der Waals surface area contributed by atoms with Crippen LogP contribution in [-0.2, 0) is 11.6 Å². The topological polar surface area (TPSA) is 33.5 Å². The van der Waals surface area contributed by atoms with Gasteiger partial charge in [-0.1, -0.05) is 11.6 Å². The van der Waals surface area contributed by atoms with E-state index in [0.29, 0.717) is 24.5 Å². The fourth-order valence-corrected chi connectivity index (χ4v) is 5.48. The van der Waals surface area contributed by atoms with Gasteiger partial charge in [-0.05, 0) is 37.6 Å². The largest absolute Gasteiger partial charge is 0.491 e. The highest BCUT2D eigenvalue weighted by molar-refractivity contribution is 6.32. The van der Waals surface area contributed by atoms with Crippen LogP contribution in [-0.4, -0.2) is 45.6 Å². The zero-order valence-corrected chi connectivity index (χ0v) is 18.7. The molecule has 1 aromatic heterocycles. The summed E-state index contributed by atoms with van der Waals surface area (Å²) in [6.45, 7) is 4.67. The number of hydrogen-bond donors (Lipinski definition) is 0. The number of rotatable bonds is 3. The third-order valence-electron chi connectivity index (χ3n) is 7.05. The third kappa shape index (κ3) is 3.42. The van der Waals surface area contributed by atoms with E-state index in [1.54, 1.807) is 6.33 Å². The fraction of sp³-hybridized carbons (Fsp3) is 0.375. The SMILES string of the molecule is Cc1cn(C2=CN3CCN(C[C@@]45C[C@@H]4COc4c(Cl)cc(C(F)(F)F)cc45)C=C3C=C2)cn1. The highest BCUT2D eigenvalue weighted by atomic mass is 35.5. The smallest absolute Gasteiger partial charge is 0.416 e. The number of alkyl halides is 3. The first kappa shape index (κ1) is 20.7. The van der Waals surface area contributed by atoms with Crippen LogP contribution in [0.2, 0.25) is 5.02 Å². The van der Waals surface area contributed by atoms with Crippen LogP contribution >= 0.6 is 11.6 Å². The monoisotopic (exact) mass is 474 g/mol. The molecule has 6 rings (SSSR count). The summed E-state index contributed by atoms with van der Waals surface area (Å²) >= 11 is 6.22. The van der Waals surface area contributed by atoms with Gasteiger partial charge in [-0.2, -0.15) is 13.2 Å². The van der Waals surface area contributed by atoms with Gasteiger partial charge in [-0.3, -0.25) is 0 Å². The molecule has 9 heteroatoms. The summed E-state index contributed by atoms with van der Waals surface area (Å²) in [5, 5.41) is 0.0374. The molecule has 0 amide bonds. The van der Waals surface area contributed by atoms with E-state index in [1.807, 2.05) is 23.8 Å². The Morgan fingerprint density at radius 1 is 1.18 bits per heavy atom. The zero-order valence-electron chi connectivity index (χ0n) is 17.9. The van der Waals surface area contributed by atoms with Gasteiger partial charge in [0.25, 0.3) is 0 Å². The summed E-state index contributed by atoms with van der Waals surface area (Å²) < 4.78 is 48.1. The van der Waals surface area contributed by atoms with Crippen molar-refractivity contribution in [1.29, 1.82) is 0 Å². The molecule has 0 saturated heterocycles. The molecule has 0 radical (unpaired) electrons. The molecule has 4 aliphatic rings. The predicted octanol–water partition coefficient (Wildman–Crippen LogP) is 5.04. The number of hydrogen-bond acceptors (Lipinski definition) is 4. The Labute approximate surface area is 194 Å². The lowest BCUT2D eigenvalue weighted by Crippen LogP contribution is -2.41. The molecule has 0 unspecified atom stereocenters. The molecule has 33 heavy (non-hydrogen) atoms. The quantitative estimate of drug-likeness (QED) is 0.624. The Morgan fingerprint density at radius 2 is 2.00 bits per heavy atom. The third-order valence-corrected chi connectivity index (χ3v) is 7.33. The normalized spacial score (nSPS) is 25.5. The number of halogens is 4. The Hall–Kier alpha value is -2.87. The molecule has 1 saturated carbocycles. The molecule has 4 heterocycles. The Balaban J connectivity index is 1.27. The first-order valence-electron chi connectivity index (χ1n) is 10.9. The molecular formula is C24H22ClF3N4O. The summed E-state index contributed by atoms with van der Waals surface area (Å²) in [6, 6.07) is 2.21. The van der Waals surface area contributed by atoms with Crippen molar-refractivity contribution in [3.05, 3.63) is 76.7 Å². The Kier molecular flexibility index (Phi) is 4.43. The number of imidazole rings is 1. The first-order valence-corrected chi connectivity index (χ1v) is 11.3. The van der Waals surface area contributed by atoms with Gasteiger partial charge in [-0.25, -0.2) is 4.98 Å². The summed E-state index contributed by atoms with van der Waals surface area (Å²) in [4.78, 5) is 8.70. The average Bonchev–Trinajstić information content (AvgIpc) is 3.33. The van der Waals surface area contributed by atoms with Crippen LogP contribution in [0.5, 0.6) is 5.75 Å². The maximum absolute atomic E-state index is 13.5. The zero-order chi connectivity index (χ0) is 23.0. The van der Waals surface area contributed by atoms with E-state index in [4.69, 9.17) is 16.3 Å². The van der Waals surface area contributed by atoms with Crippen LogP contribution in [0.3, 0.4) is 0 Å². The summed E-state index contributed by atoms with van der Waals surface area (Å²) in [5.74, 6) is 0.615. The van der Waals surface area contributed by atoms with Gasteiger partial charge in [0.1, 0.15) is 5.75 Å². The van der Waals surface area contributed by atoms with E-state index in [2.05, 4.69) is 33.3 Å². The second-order valence-electron chi connectivity index (χ2n) is 9.23. The maximum Gasteiger partial charge on any atom is 0.416 e. The molecule has 0 spiro atoms. The van der Waals surface area contributed by atoms with E-state index >= 15 is 0 Å². The van der Waals surface area contributed by atoms with Crippen molar-refractivity contribution in [2.45, 2.75) is 24.9 Å². The lowest BCUT2D eigenvalue weighted by molar-refractivity contribution is -0.137. The molecule has 1 aromatic carbocycles. The molecule has 5 nitrogen and oxygen atoms in total. The number of nitrogens with zero attached hydrogens (tertiary/aromatic N) is 4. The van der Waals surface area contributed by atoms with Crippen molar-refractivity contribution >= 4 is 17.3 Å². The van der Waals surface area contributed by atoms with Gasteiger partial charge >= 0.3 is 6.18 Å². The number of fused-ring (bicyclic) bond motifs is 4. The van der Waals surface area contributed by atoms with E-state index in [0.717, 1.165) is 42.7 Å². The number of aryl methyl sites for hydroxylation is 1. The average molecular weight is 475 g/mol. The molecule has 2 atom stereocenters. The predicted molar refractivity (Wildman–Crippen MR) is 118 cm³/mol. The summed E-state index contributed by atoms with van der Waals surface area (Å²) in [6.07, 6.45) is 8.45. The molecule has 1 fully saturated rings. The van der Waals surface area contributed by atoms with Gasteiger partial charge in [-0.15, -0.1) is 0 Å². The van der Waals surface area contributed by atoms with Gasteiger partial charge in [0.05, 0.1) is 40.6 Å². The minimum absolute atomic E-state index is 0.0374. The van der Waals surface area contributed by atoms with Crippen LogP contribution in [0.4, 0.5) is 13.2 Å². The number of aromatic nitrogens is 2. The highest BCUT2D eigenvalue weighted by Gasteiger charge is 2.60. The van der Waals surface area contributed by atoms with Crippen molar-refractivity contribution in [3.63, 3.8) is 0 Å². The van der Waals surface area contributed by atoms with Crippen molar-refractivity contribution < 1.29 is 17.9 Å². The minimum Gasteiger partial charge on any atom is -0.491 e. The molecule has 0 bridgehead atoms.